The summed E-state index contributed by atoms with van der Waals surface area (Å²) >= 11 is 6.42. The summed E-state index contributed by atoms with van der Waals surface area (Å²) in [4.78, 5) is 35.0. The molecule has 0 fully saturated rings. The predicted molar refractivity (Wildman–Crippen MR) is 128 cm³/mol. The molecule has 9 nitrogen and oxygen atoms in total. The van der Waals surface area contributed by atoms with Crippen LogP contribution in [0.4, 0.5) is 0 Å². The maximum Gasteiger partial charge on any atom is 0.336 e. The first-order valence-electron chi connectivity index (χ1n) is 10.6. The highest BCUT2D eigenvalue weighted by molar-refractivity contribution is 6.31. The zero-order valence-electron chi connectivity index (χ0n) is 19.7. The third kappa shape index (κ3) is 8.02. The Balaban J connectivity index is 0.000000852. The van der Waals surface area contributed by atoms with Crippen LogP contribution in [0.1, 0.15) is 32.3 Å². The van der Waals surface area contributed by atoms with Gasteiger partial charge in [-0.2, -0.15) is 0 Å². The third-order valence-corrected chi connectivity index (χ3v) is 4.92. The number of methoxy groups -OCH3 is 1. The monoisotopic (exact) mass is 494 g/mol. The largest absolute Gasteiger partial charge is 0.478 e. The minimum atomic E-state index is -0.891. The molecule has 0 radical (unpaired) electrons. The smallest absolute Gasteiger partial charge is 0.336 e. The molecule has 0 bridgehead atoms. The lowest BCUT2D eigenvalue weighted by Gasteiger charge is -2.31. The molecule has 0 saturated carbocycles. The highest BCUT2D eigenvalue weighted by Gasteiger charge is 2.39. The zero-order valence-corrected chi connectivity index (χ0v) is 20.5. The summed E-state index contributed by atoms with van der Waals surface area (Å²) in [5, 5.41) is 11.3. The first-order chi connectivity index (χ1) is 16.2. The fourth-order valence-electron chi connectivity index (χ4n) is 3.26. The van der Waals surface area contributed by atoms with Gasteiger partial charge in [0.25, 0.3) is 0 Å². The van der Waals surface area contributed by atoms with Crippen molar-refractivity contribution in [3.63, 3.8) is 0 Å². The van der Waals surface area contributed by atoms with E-state index in [1.807, 2.05) is 0 Å². The van der Waals surface area contributed by atoms with Crippen molar-refractivity contribution in [3.05, 3.63) is 69.5 Å². The summed E-state index contributed by atoms with van der Waals surface area (Å²) in [6.07, 6.45) is 2.56. The fourth-order valence-corrected chi connectivity index (χ4v) is 3.51. The van der Waals surface area contributed by atoms with Gasteiger partial charge in [0.2, 0.25) is 0 Å². The van der Waals surface area contributed by atoms with Crippen LogP contribution in [0.15, 0.2) is 59.0 Å². The Hall–Kier alpha value is -3.14. The molecule has 10 heteroatoms. The Labute approximate surface area is 204 Å². The molecule has 1 aromatic rings. The second kappa shape index (κ2) is 14.9. The van der Waals surface area contributed by atoms with Gasteiger partial charge in [-0.25, -0.2) is 14.4 Å². The number of halogens is 1. The number of nitrogens with one attached hydrogen (secondary N) is 1. The lowest BCUT2D eigenvalue weighted by Crippen LogP contribution is -2.35. The number of allylic oxidation sites excluding steroid dienone is 2. The lowest BCUT2D eigenvalue weighted by molar-refractivity contribution is -0.139. The molecule has 0 amide bonds. The van der Waals surface area contributed by atoms with E-state index in [1.54, 1.807) is 45.0 Å². The van der Waals surface area contributed by atoms with E-state index in [-0.39, 0.29) is 18.8 Å². The van der Waals surface area contributed by atoms with Crippen LogP contribution in [0.3, 0.4) is 0 Å². The number of rotatable bonds is 9. The van der Waals surface area contributed by atoms with E-state index in [1.165, 1.54) is 13.2 Å². The van der Waals surface area contributed by atoms with E-state index in [9.17, 15) is 14.4 Å². The Morgan fingerprint density at radius 2 is 1.88 bits per heavy atom. The van der Waals surface area contributed by atoms with Gasteiger partial charge in [-0.1, -0.05) is 35.9 Å². The Bertz CT molecular complexity index is 970. The highest BCUT2D eigenvalue weighted by atomic mass is 35.5. The standard InChI is InChI=1S/C20H25ClN2O5.C4H6O2/c1-4-28-20(25)18-15(11-27-10-9-22)23-12(2)16(19(24)26-3)17(18)13-7-5-6-8-14(13)21;1-2-3-4(5)6/h5-8,17,23H,4,9-11,22H2,1-3H3;2-3H,1H3,(H,5,6)/b;3-2-. The highest BCUT2D eigenvalue weighted by Crippen LogP contribution is 2.41. The van der Waals surface area contributed by atoms with E-state index >= 15 is 0 Å². The van der Waals surface area contributed by atoms with Gasteiger partial charge in [0.15, 0.2) is 0 Å². The number of dihydropyridines is 1. The van der Waals surface area contributed by atoms with Crippen molar-refractivity contribution in [1.82, 2.24) is 5.32 Å². The molecule has 186 valence electrons. The number of nitrogens with two attached hydrogens (primary N) is 1. The predicted octanol–water partition coefficient (Wildman–Crippen LogP) is 2.91. The van der Waals surface area contributed by atoms with Crippen LogP contribution in [0.5, 0.6) is 0 Å². The number of hydrogen-bond acceptors (Lipinski definition) is 8. The van der Waals surface area contributed by atoms with Crippen molar-refractivity contribution < 1.29 is 33.7 Å². The maximum atomic E-state index is 12.9. The number of carboxylic acid groups (broad SMARTS) is 1. The minimum Gasteiger partial charge on any atom is -0.478 e. The van der Waals surface area contributed by atoms with E-state index in [4.69, 9.17) is 36.7 Å². The first kappa shape index (κ1) is 28.9. The van der Waals surface area contributed by atoms with E-state index < -0.39 is 23.8 Å². The van der Waals surface area contributed by atoms with Crippen LogP contribution in [0.2, 0.25) is 5.02 Å². The maximum absolute atomic E-state index is 12.9. The Kier molecular flexibility index (Phi) is 12.7. The summed E-state index contributed by atoms with van der Waals surface area (Å²) in [6, 6.07) is 7.05. The molecule has 1 atom stereocenters. The van der Waals surface area contributed by atoms with Crippen molar-refractivity contribution in [1.29, 1.82) is 0 Å². The summed E-state index contributed by atoms with van der Waals surface area (Å²) in [6.45, 7) is 6.08. The van der Waals surface area contributed by atoms with Gasteiger partial charge in [-0.3, -0.25) is 0 Å². The molecule has 1 heterocycles. The van der Waals surface area contributed by atoms with Gasteiger partial charge < -0.3 is 30.4 Å². The van der Waals surface area contributed by atoms with Crippen LogP contribution in [-0.2, 0) is 28.6 Å². The second-order valence-corrected chi connectivity index (χ2v) is 7.31. The number of aliphatic carboxylic acids is 1. The van der Waals surface area contributed by atoms with Crippen LogP contribution < -0.4 is 11.1 Å². The summed E-state index contributed by atoms with van der Waals surface area (Å²) in [5.74, 6) is -2.76. The quantitative estimate of drug-likeness (QED) is 0.269. The Morgan fingerprint density at radius 3 is 2.38 bits per heavy atom. The molecule has 1 aliphatic rings. The molecule has 34 heavy (non-hydrogen) atoms. The average molecular weight is 495 g/mol. The average Bonchev–Trinajstić information content (AvgIpc) is 2.79. The lowest BCUT2D eigenvalue weighted by atomic mass is 9.80. The van der Waals surface area contributed by atoms with Gasteiger partial charge in [0, 0.05) is 23.3 Å². The number of carbonyl (C=O) groups is 3. The molecule has 0 aromatic heterocycles. The number of hydrogen-bond donors (Lipinski definition) is 3. The van der Waals surface area contributed by atoms with Gasteiger partial charge in [-0.05, 0) is 32.4 Å². The van der Waals surface area contributed by atoms with E-state index in [2.05, 4.69) is 5.32 Å². The topological polar surface area (TPSA) is 137 Å². The van der Waals surface area contributed by atoms with E-state index in [0.717, 1.165) is 6.08 Å². The molecular formula is C24H31ClN2O7. The van der Waals surface area contributed by atoms with Crippen molar-refractivity contribution in [3.8, 4) is 0 Å². The van der Waals surface area contributed by atoms with Crippen LogP contribution in [0.25, 0.3) is 0 Å². The van der Waals surface area contributed by atoms with Crippen molar-refractivity contribution in [2.75, 3.05) is 33.5 Å². The SMILES string of the molecule is C/C=C\C(=O)O.CCOC(=O)C1=C(COCCN)NC(C)=C(C(=O)OC)C1c1ccccc1Cl. The van der Waals surface area contributed by atoms with Gasteiger partial charge in [-0.15, -0.1) is 0 Å². The molecule has 2 rings (SSSR count). The molecule has 1 aromatic carbocycles. The molecule has 0 spiro atoms. The number of ether oxygens (including phenoxy) is 3. The minimum absolute atomic E-state index is 0.109. The van der Waals surface area contributed by atoms with Crippen molar-refractivity contribution in [2.24, 2.45) is 5.73 Å². The van der Waals surface area contributed by atoms with Crippen LogP contribution >= 0.6 is 11.6 Å². The number of benzene rings is 1. The second-order valence-electron chi connectivity index (χ2n) is 6.90. The number of carbonyl (C=O) groups excluding carboxylic acids is 2. The fraction of sp³-hybridized carbons (Fsp3) is 0.375. The molecule has 0 saturated heterocycles. The summed E-state index contributed by atoms with van der Waals surface area (Å²) < 4.78 is 15.8. The zero-order chi connectivity index (χ0) is 25.7. The molecule has 0 aliphatic carbocycles. The molecule has 4 N–H and O–H groups in total. The number of esters is 2. The normalized spacial score (nSPS) is 15.4. The first-order valence-corrected chi connectivity index (χ1v) is 10.9. The third-order valence-electron chi connectivity index (χ3n) is 4.58. The Morgan fingerprint density at radius 1 is 1.21 bits per heavy atom. The van der Waals surface area contributed by atoms with Gasteiger partial charge in [0.05, 0.1) is 49.7 Å². The van der Waals surface area contributed by atoms with Crippen LogP contribution in [-0.4, -0.2) is 56.5 Å². The van der Waals surface area contributed by atoms with Crippen molar-refractivity contribution in [2.45, 2.75) is 26.7 Å². The van der Waals surface area contributed by atoms with E-state index in [0.29, 0.717) is 40.7 Å². The molecular weight excluding hydrogens is 464 g/mol. The summed E-state index contributed by atoms with van der Waals surface area (Å²) in [5.41, 5.74) is 7.70. The number of carboxylic acids is 1. The molecule has 1 aliphatic heterocycles. The van der Waals surface area contributed by atoms with Gasteiger partial charge in [0.1, 0.15) is 0 Å². The van der Waals surface area contributed by atoms with Crippen molar-refractivity contribution >= 4 is 29.5 Å². The van der Waals surface area contributed by atoms with Crippen LogP contribution in [0, 0.1) is 0 Å². The molecule has 1 unspecified atom stereocenters. The van der Waals surface area contributed by atoms with Gasteiger partial charge >= 0.3 is 17.9 Å². The summed E-state index contributed by atoms with van der Waals surface area (Å²) in [7, 11) is 1.29.